The van der Waals surface area contributed by atoms with Crippen molar-refractivity contribution in [3.8, 4) is 0 Å². The van der Waals surface area contributed by atoms with E-state index in [-0.39, 0.29) is 18.3 Å². The van der Waals surface area contributed by atoms with Gasteiger partial charge in [-0.15, -0.1) is 5.10 Å². The molecule has 1 fully saturated rings. The Bertz CT molecular complexity index is 664. The van der Waals surface area contributed by atoms with E-state index in [1.54, 1.807) is 17.0 Å². The molecule has 122 valence electrons. The molecular formula is C14H17N5O3S. The molecule has 0 unspecified atom stereocenters. The van der Waals surface area contributed by atoms with Crippen LogP contribution in [-0.4, -0.2) is 39.5 Å². The van der Waals surface area contributed by atoms with E-state index in [0.717, 1.165) is 43.9 Å². The van der Waals surface area contributed by atoms with E-state index in [2.05, 4.69) is 20.2 Å². The van der Waals surface area contributed by atoms with Crippen LogP contribution in [0.15, 0.2) is 22.8 Å². The average molecular weight is 335 g/mol. The van der Waals surface area contributed by atoms with E-state index in [0.29, 0.717) is 10.8 Å². The first-order chi connectivity index (χ1) is 11.2. The van der Waals surface area contributed by atoms with Crippen LogP contribution in [0.1, 0.15) is 35.5 Å². The fourth-order valence-corrected chi connectivity index (χ4v) is 2.92. The Morgan fingerprint density at radius 2 is 2.13 bits per heavy atom. The quantitative estimate of drug-likeness (QED) is 0.891. The van der Waals surface area contributed by atoms with Crippen LogP contribution in [0, 0.1) is 0 Å². The minimum absolute atomic E-state index is 0.118. The molecule has 0 bridgehead atoms. The van der Waals surface area contributed by atoms with Crippen LogP contribution < -0.4 is 10.6 Å². The van der Waals surface area contributed by atoms with E-state index >= 15 is 0 Å². The number of nitrogens with one attached hydrogen (secondary N) is 2. The summed E-state index contributed by atoms with van der Waals surface area (Å²) in [5.41, 5.74) is 0.118. The predicted octanol–water partition coefficient (Wildman–Crippen LogP) is 2.08. The normalized spacial score (nSPS) is 14.5. The molecule has 9 heteroatoms. The topological polar surface area (TPSA) is 100 Å². The van der Waals surface area contributed by atoms with Crippen LogP contribution in [0.25, 0.3) is 0 Å². The number of furan rings is 1. The maximum absolute atomic E-state index is 12.2. The molecule has 0 atom stereocenters. The standard InChI is InChI=1S/C14H17N5O3S/c20-12(15-9-10-5-4-8-22-10)11-13(23-18-17-11)16-14(21)19-6-2-1-3-7-19/h4-5,8H,1-3,6-7,9H2,(H,15,20)(H,16,21). The van der Waals surface area contributed by atoms with Crippen LogP contribution in [0.4, 0.5) is 9.80 Å². The fraction of sp³-hybridized carbons (Fsp3) is 0.429. The van der Waals surface area contributed by atoms with Gasteiger partial charge in [-0.2, -0.15) is 0 Å². The second-order valence-corrected chi connectivity index (χ2v) is 5.94. The van der Waals surface area contributed by atoms with E-state index in [1.807, 2.05) is 0 Å². The molecule has 0 aromatic carbocycles. The highest BCUT2D eigenvalue weighted by molar-refractivity contribution is 7.10. The number of hydrogen-bond donors (Lipinski definition) is 2. The zero-order valence-electron chi connectivity index (χ0n) is 12.4. The van der Waals surface area contributed by atoms with E-state index in [4.69, 9.17) is 4.42 Å². The number of carbonyl (C=O) groups is 2. The van der Waals surface area contributed by atoms with Crippen molar-refractivity contribution in [2.75, 3.05) is 18.4 Å². The van der Waals surface area contributed by atoms with Gasteiger partial charge >= 0.3 is 6.03 Å². The zero-order valence-corrected chi connectivity index (χ0v) is 13.3. The monoisotopic (exact) mass is 335 g/mol. The zero-order chi connectivity index (χ0) is 16.1. The summed E-state index contributed by atoms with van der Waals surface area (Å²) in [6.45, 7) is 1.72. The predicted molar refractivity (Wildman–Crippen MR) is 84.2 cm³/mol. The number of urea groups is 1. The summed E-state index contributed by atoms with van der Waals surface area (Å²) >= 11 is 0.990. The first-order valence-electron chi connectivity index (χ1n) is 7.43. The van der Waals surface area contributed by atoms with Crippen molar-refractivity contribution in [3.63, 3.8) is 0 Å². The van der Waals surface area contributed by atoms with Crippen LogP contribution in [0.3, 0.4) is 0 Å². The molecule has 23 heavy (non-hydrogen) atoms. The van der Waals surface area contributed by atoms with E-state index in [1.165, 1.54) is 6.26 Å². The maximum Gasteiger partial charge on any atom is 0.322 e. The summed E-state index contributed by atoms with van der Waals surface area (Å²) in [5, 5.41) is 9.58. The molecule has 3 amide bonds. The molecule has 3 rings (SSSR count). The first-order valence-corrected chi connectivity index (χ1v) is 8.20. The number of hydrogen-bond acceptors (Lipinski definition) is 6. The minimum atomic E-state index is -0.399. The van der Waals surface area contributed by atoms with Crippen molar-refractivity contribution in [2.45, 2.75) is 25.8 Å². The molecule has 3 heterocycles. The molecule has 1 aliphatic rings. The number of rotatable bonds is 4. The second-order valence-electron chi connectivity index (χ2n) is 5.19. The first kappa shape index (κ1) is 15.5. The van der Waals surface area contributed by atoms with Gasteiger partial charge in [0.25, 0.3) is 5.91 Å². The lowest BCUT2D eigenvalue weighted by Crippen LogP contribution is -2.39. The number of amides is 3. The van der Waals surface area contributed by atoms with Crippen LogP contribution in [0.5, 0.6) is 0 Å². The SMILES string of the molecule is O=C(NCc1ccco1)c1nnsc1NC(=O)N1CCCCC1. The summed E-state index contributed by atoms with van der Waals surface area (Å²) in [6.07, 6.45) is 4.69. The molecule has 1 aliphatic heterocycles. The Labute approximate surface area is 137 Å². The Kier molecular flexibility index (Phi) is 4.86. The van der Waals surface area contributed by atoms with Gasteiger partial charge in [0, 0.05) is 24.6 Å². The lowest BCUT2D eigenvalue weighted by atomic mass is 10.1. The van der Waals surface area contributed by atoms with Crippen molar-refractivity contribution in [2.24, 2.45) is 0 Å². The van der Waals surface area contributed by atoms with Crippen LogP contribution in [-0.2, 0) is 6.54 Å². The van der Waals surface area contributed by atoms with Gasteiger partial charge in [0.1, 0.15) is 5.76 Å². The molecule has 2 aromatic rings. The summed E-state index contributed by atoms with van der Waals surface area (Å²) < 4.78 is 8.91. The largest absolute Gasteiger partial charge is 0.467 e. The third-order valence-corrected chi connectivity index (χ3v) is 4.21. The Hall–Kier alpha value is -2.42. The number of carbonyl (C=O) groups excluding carboxylic acids is 2. The van der Waals surface area contributed by atoms with E-state index < -0.39 is 5.91 Å². The number of nitrogens with zero attached hydrogens (tertiary/aromatic N) is 3. The maximum atomic E-state index is 12.2. The highest BCUT2D eigenvalue weighted by Gasteiger charge is 2.22. The Balaban J connectivity index is 1.59. The molecule has 0 radical (unpaired) electrons. The lowest BCUT2D eigenvalue weighted by Gasteiger charge is -2.26. The number of aromatic nitrogens is 2. The van der Waals surface area contributed by atoms with Crippen molar-refractivity contribution in [1.82, 2.24) is 19.8 Å². The molecule has 0 spiro atoms. The van der Waals surface area contributed by atoms with Gasteiger partial charge in [-0.3, -0.25) is 10.1 Å². The number of likely N-dealkylation sites (tertiary alicyclic amines) is 1. The molecular weight excluding hydrogens is 318 g/mol. The third kappa shape index (κ3) is 3.86. The smallest absolute Gasteiger partial charge is 0.322 e. The second kappa shape index (κ2) is 7.23. The van der Waals surface area contributed by atoms with Crippen molar-refractivity contribution in [3.05, 3.63) is 29.9 Å². The summed E-state index contributed by atoms with van der Waals surface area (Å²) in [5.74, 6) is 0.240. The highest BCUT2D eigenvalue weighted by Crippen LogP contribution is 2.19. The van der Waals surface area contributed by atoms with E-state index in [9.17, 15) is 9.59 Å². The van der Waals surface area contributed by atoms with Gasteiger partial charge in [-0.25, -0.2) is 4.79 Å². The molecule has 1 saturated heterocycles. The number of anilines is 1. The van der Waals surface area contributed by atoms with Crippen molar-refractivity contribution in [1.29, 1.82) is 0 Å². The third-order valence-electron chi connectivity index (χ3n) is 3.57. The van der Waals surface area contributed by atoms with Crippen LogP contribution in [0.2, 0.25) is 0 Å². The van der Waals surface area contributed by atoms with Crippen molar-refractivity contribution >= 4 is 28.5 Å². The number of piperidine rings is 1. The van der Waals surface area contributed by atoms with Crippen LogP contribution >= 0.6 is 11.5 Å². The van der Waals surface area contributed by atoms with Gasteiger partial charge < -0.3 is 14.6 Å². The van der Waals surface area contributed by atoms with Crippen molar-refractivity contribution < 1.29 is 14.0 Å². The molecule has 8 nitrogen and oxygen atoms in total. The minimum Gasteiger partial charge on any atom is -0.467 e. The molecule has 2 aromatic heterocycles. The van der Waals surface area contributed by atoms with Gasteiger partial charge in [0.05, 0.1) is 12.8 Å². The summed E-state index contributed by atoms with van der Waals surface area (Å²) in [4.78, 5) is 26.1. The Morgan fingerprint density at radius 1 is 1.30 bits per heavy atom. The van der Waals surface area contributed by atoms with Gasteiger partial charge in [-0.05, 0) is 31.4 Å². The summed E-state index contributed by atoms with van der Waals surface area (Å²) in [6, 6.07) is 3.30. The lowest BCUT2D eigenvalue weighted by molar-refractivity contribution is 0.0944. The van der Waals surface area contributed by atoms with Gasteiger partial charge in [0.2, 0.25) is 0 Å². The summed E-state index contributed by atoms with van der Waals surface area (Å²) in [7, 11) is 0. The average Bonchev–Trinajstić information content (AvgIpc) is 3.25. The molecule has 0 aliphatic carbocycles. The fourth-order valence-electron chi connectivity index (χ4n) is 2.36. The van der Waals surface area contributed by atoms with Gasteiger partial charge in [0.15, 0.2) is 10.7 Å². The molecule has 0 saturated carbocycles. The highest BCUT2D eigenvalue weighted by atomic mass is 32.1. The van der Waals surface area contributed by atoms with Gasteiger partial charge in [-0.1, -0.05) is 4.49 Å². The molecule has 2 N–H and O–H groups in total. The Morgan fingerprint density at radius 3 is 2.87 bits per heavy atom.